The number of anilines is 2. The zero-order valence-corrected chi connectivity index (χ0v) is 15.2. The van der Waals surface area contributed by atoms with Crippen LogP contribution in [-0.4, -0.2) is 25.5 Å². The summed E-state index contributed by atoms with van der Waals surface area (Å²) in [6.45, 7) is 2.31. The first-order valence-corrected chi connectivity index (χ1v) is 8.90. The van der Waals surface area contributed by atoms with Crippen LogP contribution in [0.2, 0.25) is 0 Å². The van der Waals surface area contributed by atoms with Crippen molar-refractivity contribution in [2.24, 2.45) is 0 Å². The topological polar surface area (TPSA) is 58.6 Å². The third-order valence-electron chi connectivity index (χ3n) is 4.67. The van der Waals surface area contributed by atoms with Crippen LogP contribution in [0.5, 0.6) is 5.75 Å². The molecular weight excluding hydrogens is 328 g/mol. The second-order valence-electron chi connectivity index (χ2n) is 6.51. The number of carbonyl (C=O) groups excluding carboxylic acids is 2. The van der Waals surface area contributed by atoms with Gasteiger partial charge in [-0.05, 0) is 54.7 Å². The molecule has 0 radical (unpaired) electrons. The fraction of sp³-hybridized carbons (Fsp3) is 0.333. The molecule has 0 aromatic heterocycles. The highest BCUT2D eigenvalue weighted by atomic mass is 16.5. The van der Waals surface area contributed by atoms with Gasteiger partial charge in [-0.15, -0.1) is 0 Å². The van der Waals surface area contributed by atoms with Gasteiger partial charge < -0.3 is 15.0 Å². The molecule has 1 heterocycles. The van der Waals surface area contributed by atoms with Crippen molar-refractivity contribution >= 4 is 23.2 Å². The van der Waals surface area contributed by atoms with E-state index < -0.39 is 0 Å². The van der Waals surface area contributed by atoms with Crippen LogP contribution in [0.1, 0.15) is 30.9 Å². The molecule has 136 valence electrons. The molecule has 0 atom stereocenters. The number of ether oxygens (including phenoxy) is 1. The van der Waals surface area contributed by atoms with Gasteiger partial charge in [0, 0.05) is 31.3 Å². The molecule has 1 N–H and O–H groups in total. The van der Waals surface area contributed by atoms with Gasteiger partial charge in [-0.1, -0.05) is 18.2 Å². The highest BCUT2D eigenvalue weighted by Gasteiger charge is 2.20. The fourth-order valence-corrected chi connectivity index (χ4v) is 3.25. The lowest BCUT2D eigenvalue weighted by atomic mass is 10.0. The quantitative estimate of drug-likeness (QED) is 0.895. The summed E-state index contributed by atoms with van der Waals surface area (Å²) in [5, 5.41) is 2.94. The Morgan fingerprint density at radius 1 is 1.15 bits per heavy atom. The third-order valence-corrected chi connectivity index (χ3v) is 4.67. The van der Waals surface area contributed by atoms with E-state index in [0.29, 0.717) is 12.8 Å². The molecule has 2 aromatic rings. The first-order chi connectivity index (χ1) is 12.6. The van der Waals surface area contributed by atoms with E-state index in [-0.39, 0.29) is 11.8 Å². The van der Waals surface area contributed by atoms with Crippen LogP contribution in [-0.2, 0) is 22.4 Å². The Hall–Kier alpha value is -2.82. The normalized spacial score (nSPS) is 13.1. The predicted molar refractivity (Wildman–Crippen MR) is 103 cm³/mol. The van der Waals surface area contributed by atoms with E-state index in [9.17, 15) is 9.59 Å². The molecule has 5 heteroatoms. The zero-order valence-electron chi connectivity index (χ0n) is 15.2. The minimum atomic E-state index is -0.0362. The molecule has 3 rings (SSSR count). The van der Waals surface area contributed by atoms with Gasteiger partial charge in [-0.3, -0.25) is 9.59 Å². The highest BCUT2D eigenvalue weighted by molar-refractivity contribution is 5.95. The number of hydrogen-bond acceptors (Lipinski definition) is 3. The van der Waals surface area contributed by atoms with E-state index in [4.69, 9.17) is 4.74 Å². The molecule has 0 spiro atoms. The zero-order chi connectivity index (χ0) is 18.5. The summed E-state index contributed by atoms with van der Waals surface area (Å²) < 4.78 is 5.14. The molecule has 0 fully saturated rings. The Morgan fingerprint density at radius 2 is 1.92 bits per heavy atom. The van der Waals surface area contributed by atoms with Crippen LogP contribution in [0.4, 0.5) is 11.4 Å². The van der Waals surface area contributed by atoms with Crippen LogP contribution >= 0.6 is 0 Å². The fourth-order valence-electron chi connectivity index (χ4n) is 3.25. The van der Waals surface area contributed by atoms with Crippen molar-refractivity contribution < 1.29 is 14.3 Å². The Balaban J connectivity index is 1.62. The number of methoxy groups -OCH3 is 1. The Bertz CT molecular complexity index is 799. The third kappa shape index (κ3) is 4.23. The standard InChI is InChI=1S/C21H24N2O3/c1-15(24)23-13-3-4-17-8-9-18(14-20(17)23)22-21(25)12-7-16-5-10-19(26-2)11-6-16/h5-6,8-11,14H,3-4,7,12-13H2,1-2H3,(H,22,25). The maximum absolute atomic E-state index is 12.3. The van der Waals surface area contributed by atoms with Crippen LogP contribution in [0.3, 0.4) is 0 Å². The molecule has 1 aliphatic rings. The molecule has 0 unspecified atom stereocenters. The minimum absolute atomic E-state index is 0.0360. The summed E-state index contributed by atoms with van der Waals surface area (Å²) in [6.07, 6.45) is 3.01. The van der Waals surface area contributed by atoms with Gasteiger partial charge in [0.15, 0.2) is 0 Å². The lowest BCUT2D eigenvalue weighted by Crippen LogP contribution is -2.33. The molecule has 2 aromatic carbocycles. The number of aryl methyl sites for hydroxylation is 2. The smallest absolute Gasteiger partial charge is 0.224 e. The van der Waals surface area contributed by atoms with Crippen molar-refractivity contribution in [1.29, 1.82) is 0 Å². The van der Waals surface area contributed by atoms with Gasteiger partial charge in [0.05, 0.1) is 7.11 Å². The van der Waals surface area contributed by atoms with Crippen molar-refractivity contribution in [2.75, 3.05) is 23.9 Å². The summed E-state index contributed by atoms with van der Waals surface area (Å²) >= 11 is 0. The first kappa shape index (κ1) is 18.0. The van der Waals surface area contributed by atoms with E-state index in [2.05, 4.69) is 5.32 Å². The number of rotatable bonds is 5. The van der Waals surface area contributed by atoms with Gasteiger partial charge in [0.25, 0.3) is 0 Å². The Labute approximate surface area is 154 Å². The summed E-state index contributed by atoms with van der Waals surface area (Å²) in [6, 6.07) is 13.5. The number of fused-ring (bicyclic) bond motifs is 1. The molecule has 2 amide bonds. The molecule has 1 aliphatic heterocycles. The monoisotopic (exact) mass is 352 g/mol. The number of hydrogen-bond donors (Lipinski definition) is 1. The van der Waals surface area contributed by atoms with E-state index in [1.165, 1.54) is 0 Å². The lowest BCUT2D eigenvalue weighted by Gasteiger charge is -2.29. The molecule has 0 saturated heterocycles. The SMILES string of the molecule is COc1ccc(CCC(=O)Nc2ccc3c(c2)N(C(C)=O)CCC3)cc1. The largest absolute Gasteiger partial charge is 0.497 e. The van der Waals surface area contributed by atoms with Crippen LogP contribution in [0.25, 0.3) is 0 Å². The second-order valence-corrected chi connectivity index (χ2v) is 6.51. The van der Waals surface area contributed by atoms with Crippen molar-refractivity contribution in [3.63, 3.8) is 0 Å². The van der Waals surface area contributed by atoms with Crippen molar-refractivity contribution in [3.05, 3.63) is 53.6 Å². The van der Waals surface area contributed by atoms with Crippen LogP contribution in [0, 0.1) is 0 Å². The Kier molecular flexibility index (Phi) is 5.56. The van der Waals surface area contributed by atoms with Crippen molar-refractivity contribution in [2.45, 2.75) is 32.6 Å². The average Bonchev–Trinajstić information content (AvgIpc) is 2.66. The van der Waals surface area contributed by atoms with Crippen LogP contribution < -0.4 is 15.0 Å². The number of carbonyl (C=O) groups is 2. The maximum atomic E-state index is 12.3. The van der Waals surface area contributed by atoms with E-state index in [1.54, 1.807) is 18.9 Å². The maximum Gasteiger partial charge on any atom is 0.224 e. The summed E-state index contributed by atoms with van der Waals surface area (Å²) in [4.78, 5) is 25.9. The second kappa shape index (κ2) is 8.04. The van der Waals surface area contributed by atoms with E-state index >= 15 is 0 Å². The summed E-state index contributed by atoms with van der Waals surface area (Å²) in [7, 11) is 1.63. The van der Waals surface area contributed by atoms with Crippen molar-refractivity contribution in [1.82, 2.24) is 0 Å². The van der Waals surface area contributed by atoms with Gasteiger partial charge in [0.2, 0.25) is 11.8 Å². The molecule has 5 nitrogen and oxygen atoms in total. The number of amides is 2. The molecule has 0 aliphatic carbocycles. The van der Waals surface area contributed by atoms with Crippen LogP contribution in [0.15, 0.2) is 42.5 Å². The first-order valence-electron chi connectivity index (χ1n) is 8.90. The highest BCUT2D eigenvalue weighted by Crippen LogP contribution is 2.30. The number of nitrogens with zero attached hydrogens (tertiary/aromatic N) is 1. The number of benzene rings is 2. The average molecular weight is 352 g/mol. The van der Waals surface area contributed by atoms with Gasteiger partial charge >= 0.3 is 0 Å². The van der Waals surface area contributed by atoms with Gasteiger partial charge in [-0.25, -0.2) is 0 Å². The molecule has 26 heavy (non-hydrogen) atoms. The van der Waals surface area contributed by atoms with Crippen molar-refractivity contribution in [3.8, 4) is 5.75 Å². The van der Waals surface area contributed by atoms with Gasteiger partial charge in [0.1, 0.15) is 5.75 Å². The van der Waals surface area contributed by atoms with E-state index in [1.807, 2.05) is 42.5 Å². The number of nitrogens with one attached hydrogen (secondary N) is 1. The Morgan fingerprint density at radius 3 is 2.62 bits per heavy atom. The minimum Gasteiger partial charge on any atom is -0.497 e. The summed E-state index contributed by atoms with van der Waals surface area (Å²) in [5.74, 6) is 0.808. The lowest BCUT2D eigenvalue weighted by molar-refractivity contribution is -0.117. The molecular formula is C21H24N2O3. The predicted octanol–water partition coefficient (Wildman–Crippen LogP) is 3.57. The van der Waals surface area contributed by atoms with Gasteiger partial charge in [-0.2, -0.15) is 0 Å². The van der Waals surface area contributed by atoms with E-state index in [0.717, 1.165) is 47.6 Å². The molecule has 0 bridgehead atoms. The molecule has 0 saturated carbocycles. The summed E-state index contributed by atoms with van der Waals surface area (Å²) in [5.41, 5.74) is 3.89.